The maximum Gasteiger partial charge on any atom is 0.409 e. The number of rotatable bonds is 4. The summed E-state index contributed by atoms with van der Waals surface area (Å²) in [5.74, 6) is 1.64. The number of carbonyl (C=O) groups is 2. The van der Waals surface area contributed by atoms with Crippen molar-refractivity contribution >= 4 is 35.2 Å². The van der Waals surface area contributed by atoms with Crippen molar-refractivity contribution in [2.75, 3.05) is 13.7 Å². The van der Waals surface area contributed by atoms with Gasteiger partial charge in [0.25, 0.3) is 6.47 Å². The molecule has 1 fully saturated rings. The second-order valence-electron chi connectivity index (χ2n) is 9.22. The second-order valence-corrected chi connectivity index (χ2v) is 9.66. The molecule has 188 valence electrons. The fraction of sp³-hybridized carbons (Fsp3) is 0.520. The number of ether oxygens (including phenoxy) is 1. The first-order valence-electron chi connectivity index (χ1n) is 12.1. The molecule has 1 saturated carbocycles. The molecule has 0 unspecified atom stereocenters. The largest absolute Gasteiger partial charge is 0.483 e. The Morgan fingerprint density at radius 1 is 1.31 bits per heavy atom. The van der Waals surface area contributed by atoms with Gasteiger partial charge in [0.05, 0.1) is 48.5 Å². The first-order valence-corrected chi connectivity index (χ1v) is 12.5. The molecule has 10 heteroatoms. The molecule has 1 amide bonds. The summed E-state index contributed by atoms with van der Waals surface area (Å²) in [5, 5.41) is 11.9. The normalized spacial score (nSPS) is 16.8. The summed E-state index contributed by atoms with van der Waals surface area (Å²) in [7, 11) is 1.44. The zero-order valence-corrected chi connectivity index (χ0v) is 20.9. The molecule has 0 bridgehead atoms. The van der Waals surface area contributed by atoms with Gasteiger partial charge in [0, 0.05) is 24.2 Å². The van der Waals surface area contributed by atoms with E-state index in [2.05, 4.69) is 28.7 Å². The Morgan fingerprint density at radius 2 is 2.06 bits per heavy atom. The Labute approximate surface area is 209 Å². The van der Waals surface area contributed by atoms with E-state index in [1.54, 1.807) is 11.1 Å². The van der Waals surface area contributed by atoms with Crippen LogP contribution in [0.2, 0.25) is 5.02 Å². The Balaban J connectivity index is 0.000000917. The van der Waals surface area contributed by atoms with Gasteiger partial charge in [0.2, 0.25) is 0 Å². The van der Waals surface area contributed by atoms with Gasteiger partial charge in [-0.2, -0.15) is 5.10 Å². The predicted molar refractivity (Wildman–Crippen MR) is 133 cm³/mol. The molecule has 3 heterocycles. The SMILES string of the molecule is COC(=O)N1CCc2ccc3c(nc(C4CCCCC4)n3[C@@H](C)Cn3cc(Cl)cn3)c2C1.O=CO. The van der Waals surface area contributed by atoms with Crippen LogP contribution in [0.3, 0.4) is 0 Å². The molecule has 1 atom stereocenters. The van der Waals surface area contributed by atoms with Gasteiger partial charge >= 0.3 is 6.09 Å². The number of amides is 1. The van der Waals surface area contributed by atoms with E-state index in [1.807, 2.05) is 10.9 Å². The summed E-state index contributed by atoms with van der Waals surface area (Å²) in [4.78, 5) is 27.6. The monoisotopic (exact) mass is 501 g/mol. The fourth-order valence-corrected chi connectivity index (χ4v) is 5.56. The number of benzene rings is 1. The van der Waals surface area contributed by atoms with Crippen LogP contribution in [0.5, 0.6) is 0 Å². The molecule has 1 N–H and O–H groups in total. The van der Waals surface area contributed by atoms with Gasteiger partial charge in [-0.3, -0.25) is 9.48 Å². The Hall–Kier alpha value is -3.07. The molecule has 2 aliphatic rings. The molecule has 0 spiro atoms. The van der Waals surface area contributed by atoms with Gasteiger partial charge in [0.15, 0.2) is 0 Å². The summed E-state index contributed by atoms with van der Waals surface area (Å²) in [6.45, 7) is 3.92. The van der Waals surface area contributed by atoms with E-state index in [-0.39, 0.29) is 18.6 Å². The highest BCUT2D eigenvalue weighted by Gasteiger charge is 2.29. The van der Waals surface area contributed by atoms with Crippen molar-refractivity contribution in [1.29, 1.82) is 0 Å². The Kier molecular flexibility index (Phi) is 7.95. The molecule has 1 aliphatic heterocycles. The number of nitrogens with zero attached hydrogens (tertiary/aromatic N) is 5. The van der Waals surface area contributed by atoms with Crippen LogP contribution in [0.25, 0.3) is 11.0 Å². The first-order chi connectivity index (χ1) is 17.0. The highest BCUT2D eigenvalue weighted by atomic mass is 35.5. The molecule has 35 heavy (non-hydrogen) atoms. The van der Waals surface area contributed by atoms with Crippen molar-refractivity contribution in [3.05, 3.63) is 46.5 Å². The summed E-state index contributed by atoms with van der Waals surface area (Å²) >= 11 is 6.10. The molecular formula is C25H32ClN5O4. The van der Waals surface area contributed by atoms with Gasteiger partial charge in [-0.15, -0.1) is 0 Å². The number of carboxylic acid groups (broad SMARTS) is 1. The van der Waals surface area contributed by atoms with Gasteiger partial charge < -0.3 is 19.3 Å². The molecule has 9 nitrogen and oxygen atoms in total. The molecule has 1 aliphatic carbocycles. The number of methoxy groups -OCH3 is 1. The average molecular weight is 502 g/mol. The molecule has 2 aromatic heterocycles. The van der Waals surface area contributed by atoms with Crippen LogP contribution in [0.4, 0.5) is 4.79 Å². The number of imidazole rings is 1. The lowest BCUT2D eigenvalue weighted by Gasteiger charge is -2.28. The van der Waals surface area contributed by atoms with Crippen molar-refractivity contribution in [1.82, 2.24) is 24.2 Å². The zero-order chi connectivity index (χ0) is 24.9. The van der Waals surface area contributed by atoms with E-state index in [1.165, 1.54) is 50.6 Å². The third kappa shape index (κ3) is 5.29. The Morgan fingerprint density at radius 3 is 2.71 bits per heavy atom. The van der Waals surface area contributed by atoms with E-state index in [0.717, 1.165) is 29.6 Å². The van der Waals surface area contributed by atoms with Gasteiger partial charge in [-0.05, 0) is 37.8 Å². The van der Waals surface area contributed by atoms with Crippen LogP contribution >= 0.6 is 11.6 Å². The minimum absolute atomic E-state index is 0.172. The molecule has 0 radical (unpaired) electrons. The molecule has 1 aromatic carbocycles. The van der Waals surface area contributed by atoms with Crippen LogP contribution in [0, 0.1) is 0 Å². The van der Waals surface area contributed by atoms with Crippen molar-refractivity contribution in [3.63, 3.8) is 0 Å². The van der Waals surface area contributed by atoms with E-state index in [9.17, 15) is 4.79 Å². The molecule has 3 aromatic rings. The number of aromatic nitrogens is 4. The molecular weight excluding hydrogens is 470 g/mol. The number of hydrogen-bond acceptors (Lipinski definition) is 5. The molecule has 5 rings (SSSR count). The van der Waals surface area contributed by atoms with E-state index in [4.69, 9.17) is 31.2 Å². The van der Waals surface area contributed by atoms with Gasteiger partial charge in [-0.1, -0.05) is 36.9 Å². The smallest absolute Gasteiger partial charge is 0.409 e. The standard InChI is InChI=1S/C24H30ClN5O2.CH2O2/c1-16(13-29-14-19(25)12-26-29)30-21-9-8-17-10-11-28(24(31)32-2)15-20(17)22(21)27-23(30)18-6-4-3-5-7-18;2-1-3/h8-9,12,14,16,18H,3-7,10-11,13,15H2,1-2H3;1H,(H,2,3)/t16-;/m0./s1. The third-order valence-corrected chi connectivity index (χ3v) is 7.18. The highest BCUT2D eigenvalue weighted by Crippen LogP contribution is 2.38. The van der Waals surface area contributed by atoms with Crippen molar-refractivity contribution in [2.24, 2.45) is 0 Å². The maximum absolute atomic E-state index is 12.2. The Bertz CT molecular complexity index is 1180. The number of halogens is 1. The predicted octanol–water partition coefficient (Wildman–Crippen LogP) is 5.02. The first kappa shape index (κ1) is 25.0. The minimum atomic E-state index is -0.275. The van der Waals surface area contributed by atoms with Crippen LogP contribution in [0.1, 0.15) is 67.9 Å². The lowest BCUT2D eigenvalue weighted by atomic mass is 9.88. The molecule has 0 saturated heterocycles. The van der Waals surface area contributed by atoms with E-state index in [0.29, 0.717) is 24.0 Å². The lowest BCUT2D eigenvalue weighted by Crippen LogP contribution is -2.35. The summed E-state index contributed by atoms with van der Waals surface area (Å²) in [6, 6.07) is 4.60. The van der Waals surface area contributed by atoms with E-state index >= 15 is 0 Å². The van der Waals surface area contributed by atoms with Crippen LogP contribution < -0.4 is 0 Å². The zero-order valence-electron chi connectivity index (χ0n) is 20.2. The lowest BCUT2D eigenvalue weighted by molar-refractivity contribution is -0.122. The van der Waals surface area contributed by atoms with E-state index < -0.39 is 0 Å². The second kappa shape index (κ2) is 11.1. The van der Waals surface area contributed by atoms with Crippen molar-refractivity contribution < 1.29 is 19.4 Å². The minimum Gasteiger partial charge on any atom is -0.483 e. The van der Waals surface area contributed by atoms with Gasteiger partial charge in [-0.25, -0.2) is 9.78 Å². The third-order valence-electron chi connectivity index (χ3n) is 6.99. The highest BCUT2D eigenvalue weighted by molar-refractivity contribution is 6.30. The fourth-order valence-electron chi connectivity index (χ4n) is 5.40. The van der Waals surface area contributed by atoms with Gasteiger partial charge in [0.1, 0.15) is 5.82 Å². The van der Waals surface area contributed by atoms with Crippen molar-refractivity contribution in [2.45, 2.75) is 70.5 Å². The number of fused-ring (bicyclic) bond motifs is 3. The quantitative estimate of drug-likeness (QED) is 0.503. The summed E-state index contributed by atoms with van der Waals surface area (Å²) in [6.07, 6.45) is 10.3. The van der Waals surface area contributed by atoms with Crippen LogP contribution in [-0.2, 0) is 29.0 Å². The maximum atomic E-state index is 12.2. The number of hydrogen-bond donors (Lipinski definition) is 1. The average Bonchev–Trinajstić information content (AvgIpc) is 3.47. The van der Waals surface area contributed by atoms with Crippen LogP contribution in [0.15, 0.2) is 24.5 Å². The number of carbonyl (C=O) groups excluding carboxylic acids is 1. The van der Waals surface area contributed by atoms with Crippen LogP contribution in [-0.4, -0.2) is 55.6 Å². The topological polar surface area (TPSA) is 102 Å². The summed E-state index contributed by atoms with van der Waals surface area (Å²) in [5.41, 5.74) is 4.61. The van der Waals surface area contributed by atoms with Crippen molar-refractivity contribution in [3.8, 4) is 0 Å². The summed E-state index contributed by atoms with van der Waals surface area (Å²) < 4.78 is 9.31.